The second-order valence-electron chi connectivity index (χ2n) is 4.14. The molecule has 0 saturated heterocycles. The molecular weight excluding hydrogens is 242 g/mol. The summed E-state index contributed by atoms with van der Waals surface area (Å²) in [6, 6.07) is 9.76. The van der Waals surface area contributed by atoms with Crippen molar-refractivity contribution in [2.24, 2.45) is 0 Å². The number of nitriles is 1. The number of allylic oxidation sites excluding steroid dienone is 5. The minimum Gasteiger partial charge on any atom is -0.289 e. The number of hydrogen-bond donors (Lipinski definition) is 0. The van der Waals surface area contributed by atoms with Crippen molar-refractivity contribution in [3.63, 3.8) is 0 Å². The van der Waals surface area contributed by atoms with Crippen LogP contribution in [0.2, 0.25) is 0 Å². The van der Waals surface area contributed by atoms with Crippen molar-refractivity contribution in [2.75, 3.05) is 0 Å². The van der Waals surface area contributed by atoms with E-state index in [1.807, 2.05) is 36.4 Å². The largest absolute Gasteiger partial charge is 0.289 e. The third kappa shape index (κ3) is 1.81. The highest BCUT2D eigenvalue weighted by molar-refractivity contribution is 8.03. The molecule has 0 bridgehead atoms. The summed E-state index contributed by atoms with van der Waals surface area (Å²) in [7, 11) is 0. The van der Waals surface area contributed by atoms with E-state index in [9.17, 15) is 4.79 Å². The Kier molecular flexibility index (Phi) is 2.66. The van der Waals surface area contributed by atoms with E-state index >= 15 is 0 Å². The first-order valence-corrected chi connectivity index (χ1v) is 6.42. The normalized spacial score (nSPS) is 17.5. The molecule has 0 aromatic heterocycles. The van der Waals surface area contributed by atoms with Crippen LogP contribution in [-0.4, -0.2) is 5.78 Å². The summed E-state index contributed by atoms with van der Waals surface area (Å²) >= 11 is 1.60. The molecule has 0 radical (unpaired) electrons. The smallest absolute Gasteiger partial charge is 0.187 e. The molecule has 3 rings (SSSR count). The quantitative estimate of drug-likeness (QED) is 0.706. The zero-order chi connectivity index (χ0) is 12.5. The molecule has 0 atom stereocenters. The number of carbonyl (C=O) groups excluding carboxylic acids is 1. The average Bonchev–Trinajstić information content (AvgIpc) is 2.54. The van der Waals surface area contributed by atoms with Crippen LogP contribution >= 0.6 is 11.8 Å². The van der Waals surface area contributed by atoms with Gasteiger partial charge in [-0.15, -0.1) is 0 Å². The molecule has 0 unspecified atom stereocenters. The summed E-state index contributed by atoms with van der Waals surface area (Å²) in [6.07, 6.45) is 5.97. The van der Waals surface area contributed by atoms with Gasteiger partial charge < -0.3 is 0 Å². The topological polar surface area (TPSA) is 40.9 Å². The highest BCUT2D eigenvalue weighted by Crippen LogP contribution is 2.41. The van der Waals surface area contributed by atoms with Crippen molar-refractivity contribution < 1.29 is 4.79 Å². The van der Waals surface area contributed by atoms with Gasteiger partial charge in [-0.25, -0.2) is 0 Å². The van der Waals surface area contributed by atoms with Crippen LogP contribution in [0.1, 0.15) is 16.8 Å². The molecule has 3 heteroatoms. The summed E-state index contributed by atoms with van der Waals surface area (Å²) in [5.41, 5.74) is 2.38. The summed E-state index contributed by atoms with van der Waals surface area (Å²) in [5.74, 6) is 0.0238. The van der Waals surface area contributed by atoms with Crippen LogP contribution in [0.25, 0.3) is 0 Å². The second-order valence-corrected chi connectivity index (χ2v) is 5.23. The van der Waals surface area contributed by atoms with Gasteiger partial charge in [-0.3, -0.25) is 4.79 Å². The number of ketones is 1. The Labute approximate surface area is 109 Å². The molecular formula is C15H9NOS. The van der Waals surface area contributed by atoms with Gasteiger partial charge in [0.05, 0.1) is 6.07 Å². The standard InChI is InChI=1S/C15H9NOS/c16-9-10-5-6-14-11(7-10)8-13(17)12-3-1-2-4-15(12)18-14/h1-6,8H,7H2. The summed E-state index contributed by atoms with van der Waals surface area (Å²) in [5, 5.41) is 8.92. The lowest BCUT2D eigenvalue weighted by molar-refractivity contribution is 0.104. The molecule has 18 heavy (non-hydrogen) atoms. The highest BCUT2D eigenvalue weighted by atomic mass is 32.2. The van der Waals surface area contributed by atoms with E-state index in [0.29, 0.717) is 12.0 Å². The fraction of sp³-hybridized carbons (Fsp3) is 0.0667. The molecule has 1 aromatic rings. The lowest BCUT2D eigenvalue weighted by Crippen LogP contribution is -1.97. The van der Waals surface area contributed by atoms with E-state index in [4.69, 9.17) is 5.26 Å². The Morgan fingerprint density at radius 1 is 1.22 bits per heavy atom. The summed E-state index contributed by atoms with van der Waals surface area (Å²) in [6.45, 7) is 0. The van der Waals surface area contributed by atoms with E-state index in [-0.39, 0.29) is 5.78 Å². The summed E-state index contributed by atoms with van der Waals surface area (Å²) < 4.78 is 0. The average molecular weight is 251 g/mol. The molecule has 0 saturated carbocycles. The van der Waals surface area contributed by atoms with Gasteiger partial charge in [0.2, 0.25) is 0 Å². The van der Waals surface area contributed by atoms with E-state index in [2.05, 4.69) is 6.07 Å². The van der Waals surface area contributed by atoms with Crippen LogP contribution in [0.5, 0.6) is 0 Å². The van der Waals surface area contributed by atoms with Crippen LogP contribution in [0, 0.1) is 11.3 Å². The van der Waals surface area contributed by atoms with Gasteiger partial charge in [0, 0.05) is 27.4 Å². The molecule has 1 heterocycles. The van der Waals surface area contributed by atoms with Gasteiger partial charge in [0.1, 0.15) is 0 Å². The molecule has 1 aromatic carbocycles. The number of carbonyl (C=O) groups is 1. The van der Waals surface area contributed by atoms with Gasteiger partial charge in [-0.05, 0) is 35.9 Å². The van der Waals surface area contributed by atoms with Crippen molar-refractivity contribution in [1.82, 2.24) is 0 Å². The monoisotopic (exact) mass is 251 g/mol. The lowest BCUT2D eigenvalue weighted by atomic mass is 9.98. The molecule has 86 valence electrons. The van der Waals surface area contributed by atoms with Crippen LogP contribution in [-0.2, 0) is 0 Å². The zero-order valence-corrected chi connectivity index (χ0v) is 10.3. The van der Waals surface area contributed by atoms with Gasteiger partial charge in [0.25, 0.3) is 0 Å². The van der Waals surface area contributed by atoms with E-state index < -0.39 is 0 Å². The first kappa shape index (κ1) is 11.1. The molecule has 0 amide bonds. The fourth-order valence-electron chi connectivity index (χ4n) is 2.05. The maximum atomic E-state index is 12.1. The molecule has 0 N–H and O–H groups in total. The molecule has 2 aliphatic rings. The molecule has 2 nitrogen and oxygen atoms in total. The predicted octanol–water partition coefficient (Wildman–Crippen LogP) is 3.64. The highest BCUT2D eigenvalue weighted by Gasteiger charge is 2.21. The minimum atomic E-state index is 0.0238. The molecule has 0 fully saturated rings. The Morgan fingerprint density at radius 3 is 2.89 bits per heavy atom. The number of fused-ring (bicyclic) bond motifs is 2. The molecule has 1 aliphatic carbocycles. The van der Waals surface area contributed by atoms with Crippen molar-refractivity contribution in [2.45, 2.75) is 11.3 Å². The SMILES string of the molecule is N#CC1=CC=C2Sc3ccccc3C(=O)C=C2C1. The predicted molar refractivity (Wildman–Crippen MR) is 71.1 cm³/mol. The Bertz CT molecular complexity index is 674. The Hall–Kier alpha value is -2.05. The maximum Gasteiger partial charge on any atom is 0.187 e. The van der Waals surface area contributed by atoms with Gasteiger partial charge in [-0.1, -0.05) is 23.9 Å². The van der Waals surface area contributed by atoms with Crippen molar-refractivity contribution in [3.8, 4) is 6.07 Å². The maximum absolute atomic E-state index is 12.1. The summed E-state index contributed by atoms with van der Waals surface area (Å²) in [4.78, 5) is 14.2. The first-order valence-electron chi connectivity index (χ1n) is 5.61. The Morgan fingerprint density at radius 2 is 2.06 bits per heavy atom. The van der Waals surface area contributed by atoms with Gasteiger partial charge >= 0.3 is 0 Å². The first-order chi connectivity index (χ1) is 8.78. The van der Waals surface area contributed by atoms with Crippen LogP contribution in [0.3, 0.4) is 0 Å². The van der Waals surface area contributed by atoms with E-state index in [1.165, 1.54) is 0 Å². The van der Waals surface area contributed by atoms with Crippen molar-refractivity contribution in [3.05, 3.63) is 64.1 Å². The third-order valence-electron chi connectivity index (χ3n) is 2.95. The third-order valence-corrected chi connectivity index (χ3v) is 4.15. The lowest BCUT2D eigenvalue weighted by Gasteiger charge is -2.12. The van der Waals surface area contributed by atoms with Crippen LogP contribution in [0.4, 0.5) is 0 Å². The van der Waals surface area contributed by atoms with Crippen LogP contribution in [0.15, 0.2) is 63.4 Å². The number of rotatable bonds is 0. The van der Waals surface area contributed by atoms with Gasteiger partial charge in [-0.2, -0.15) is 5.26 Å². The van der Waals surface area contributed by atoms with Gasteiger partial charge in [0.15, 0.2) is 5.78 Å². The van der Waals surface area contributed by atoms with Crippen LogP contribution < -0.4 is 0 Å². The number of benzene rings is 1. The van der Waals surface area contributed by atoms with Crippen molar-refractivity contribution in [1.29, 1.82) is 5.26 Å². The fourth-order valence-corrected chi connectivity index (χ4v) is 3.11. The van der Waals surface area contributed by atoms with Crippen molar-refractivity contribution >= 4 is 17.5 Å². The number of nitrogens with zero attached hydrogens (tertiary/aromatic N) is 1. The number of thioether (sulfide) groups is 1. The van der Waals surface area contributed by atoms with E-state index in [1.54, 1.807) is 17.8 Å². The van der Waals surface area contributed by atoms with E-state index in [0.717, 1.165) is 20.9 Å². The molecule has 0 spiro atoms. The molecule has 1 aliphatic heterocycles. The minimum absolute atomic E-state index is 0.0238. The zero-order valence-electron chi connectivity index (χ0n) is 9.51. The second kappa shape index (κ2) is 4.32. The Balaban J connectivity index is 2.12. The number of hydrogen-bond acceptors (Lipinski definition) is 3.